The van der Waals surface area contributed by atoms with E-state index in [-0.39, 0.29) is 17.5 Å². The van der Waals surface area contributed by atoms with Crippen molar-refractivity contribution in [2.75, 3.05) is 26.3 Å². The van der Waals surface area contributed by atoms with E-state index < -0.39 is 0 Å². The first-order valence-electron chi connectivity index (χ1n) is 8.76. The van der Waals surface area contributed by atoms with Crippen LogP contribution in [0.5, 0.6) is 0 Å². The summed E-state index contributed by atoms with van der Waals surface area (Å²) >= 11 is 0. The lowest BCUT2D eigenvalue weighted by atomic mass is 9.89. The fourth-order valence-corrected chi connectivity index (χ4v) is 4.06. The van der Waals surface area contributed by atoms with Crippen molar-refractivity contribution in [2.24, 2.45) is 0 Å². The lowest BCUT2D eigenvalue weighted by Crippen LogP contribution is -2.54. The summed E-state index contributed by atoms with van der Waals surface area (Å²) in [5, 5.41) is 3.16. The fraction of sp³-hybridized carbons (Fsp3) is 0.765. The summed E-state index contributed by atoms with van der Waals surface area (Å²) in [6, 6.07) is 0.111. The Labute approximate surface area is 138 Å². The highest BCUT2D eigenvalue weighted by molar-refractivity contribution is 5.77. The van der Waals surface area contributed by atoms with Gasteiger partial charge in [0.15, 0.2) is 0 Å². The van der Waals surface area contributed by atoms with Gasteiger partial charge in [-0.3, -0.25) is 9.69 Å². The van der Waals surface area contributed by atoms with Gasteiger partial charge >= 0.3 is 0 Å². The molecule has 2 heterocycles. The van der Waals surface area contributed by atoms with Gasteiger partial charge in [0.1, 0.15) is 0 Å². The van der Waals surface area contributed by atoms with Crippen LogP contribution in [0, 0.1) is 0 Å². The molecule has 6 heteroatoms. The Morgan fingerprint density at radius 3 is 2.74 bits per heavy atom. The van der Waals surface area contributed by atoms with Crippen molar-refractivity contribution in [3.8, 4) is 0 Å². The van der Waals surface area contributed by atoms with Gasteiger partial charge in [-0.2, -0.15) is 0 Å². The first kappa shape index (κ1) is 16.5. The average molecular weight is 320 g/mol. The Morgan fingerprint density at radius 2 is 2.09 bits per heavy atom. The van der Waals surface area contributed by atoms with Gasteiger partial charge in [-0.15, -0.1) is 0 Å². The number of nitrogens with one attached hydrogen (secondary N) is 1. The van der Waals surface area contributed by atoms with Gasteiger partial charge in [0, 0.05) is 50.0 Å². The van der Waals surface area contributed by atoms with Crippen LogP contribution in [0.4, 0.5) is 0 Å². The zero-order chi connectivity index (χ0) is 16.1. The van der Waals surface area contributed by atoms with Crippen LogP contribution >= 0.6 is 0 Å². The van der Waals surface area contributed by atoms with E-state index in [1.807, 2.05) is 17.7 Å². The second-order valence-electron chi connectivity index (χ2n) is 6.94. The van der Waals surface area contributed by atoms with E-state index in [0.29, 0.717) is 6.42 Å². The normalized spacial score (nSPS) is 22.8. The van der Waals surface area contributed by atoms with Crippen molar-refractivity contribution >= 4 is 5.91 Å². The molecule has 0 spiro atoms. The van der Waals surface area contributed by atoms with E-state index in [2.05, 4.69) is 15.2 Å². The number of hydrogen-bond acceptors (Lipinski definition) is 4. The maximum absolute atomic E-state index is 12.6. The van der Waals surface area contributed by atoms with Gasteiger partial charge in [0.05, 0.1) is 19.5 Å². The van der Waals surface area contributed by atoms with Crippen molar-refractivity contribution < 1.29 is 9.53 Å². The number of hydrogen-bond donors (Lipinski definition) is 1. The molecule has 1 aromatic heterocycles. The monoisotopic (exact) mass is 320 g/mol. The number of nitrogens with zero attached hydrogens (tertiary/aromatic N) is 3. The average Bonchev–Trinajstić information content (AvgIpc) is 3.20. The number of morpholine rings is 1. The van der Waals surface area contributed by atoms with E-state index in [1.54, 1.807) is 12.5 Å². The molecular formula is C17H28N4O2. The molecule has 1 saturated carbocycles. The largest absolute Gasteiger partial charge is 0.379 e. The standard InChI is InChI=1S/C17H28N4O2/c1-15(13-20-7-6-18-14-20)19-16(22)12-17(4-2-3-5-17)21-8-10-23-11-9-21/h6-7,14-15H,2-5,8-13H2,1H3,(H,19,22)/t15-/m0/s1. The second-order valence-corrected chi connectivity index (χ2v) is 6.94. The van der Waals surface area contributed by atoms with E-state index in [0.717, 1.165) is 45.7 Å². The number of carbonyl (C=O) groups excluding carboxylic acids is 1. The number of aromatic nitrogens is 2. The maximum atomic E-state index is 12.6. The first-order chi connectivity index (χ1) is 11.2. The molecule has 1 aliphatic heterocycles. The van der Waals surface area contributed by atoms with Crippen LogP contribution in [0.25, 0.3) is 0 Å². The molecule has 1 saturated heterocycles. The van der Waals surface area contributed by atoms with Crippen LogP contribution in [-0.2, 0) is 16.1 Å². The van der Waals surface area contributed by atoms with Crippen molar-refractivity contribution in [1.82, 2.24) is 19.8 Å². The van der Waals surface area contributed by atoms with Crippen molar-refractivity contribution in [2.45, 2.75) is 57.2 Å². The summed E-state index contributed by atoms with van der Waals surface area (Å²) in [4.78, 5) is 19.1. The van der Waals surface area contributed by atoms with Gasteiger partial charge in [0.25, 0.3) is 0 Å². The topological polar surface area (TPSA) is 59.4 Å². The van der Waals surface area contributed by atoms with Gasteiger partial charge in [-0.05, 0) is 19.8 Å². The van der Waals surface area contributed by atoms with E-state index in [9.17, 15) is 4.79 Å². The van der Waals surface area contributed by atoms with Gasteiger partial charge < -0.3 is 14.6 Å². The summed E-state index contributed by atoms with van der Waals surface area (Å²) in [6.45, 7) is 6.31. The molecule has 1 aliphatic carbocycles. The molecule has 23 heavy (non-hydrogen) atoms. The van der Waals surface area contributed by atoms with Crippen molar-refractivity contribution in [3.63, 3.8) is 0 Å². The van der Waals surface area contributed by atoms with E-state index in [1.165, 1.54) is 12.8 Å². The Balaban J connectivity index is 1.55. The van der Waals surface area contributed by atoms with Crippen LogP contribution in [0.1, 0.15) is 39.0 Å². The van der Waals surface area contributed by atoms with Gasteiger partial charge in [-0.25, -0.2) is 4.98 Å². The number of carbonyl (C=O) groups is 1. The summed E-state index contributed by atoms with van der Waals surface area (Å²) in [7, 11) is 0. The molecular weight excluding hydrogens is 292 g/mol. The summed E-state index contributed by atoms with van der Waals surface area (Å²) in [6.07, 6.45) is 10.8. The lowest BCUT2D eigenvalue weighted by Gasteiger charge is -2.43. The minimum Gasteiger partial charge on any atom is -0.379 e. The summed E-state index contributed by atoms with van der Waals surface area (Å²) < 4.78 is 7.48. The third kappa shape index (κ3) is 4.12. The minimum absolute atomic E-state index is 0.0581. The molecule has 2 fully saturated rings. The van der Waals surface area contributed by atoms with Crippen molar-refractivity contribution in [3.05, 3.63) is 18.7 Å². The smallest absolute Gasteiger partial charge is 0.222 e. The molecule has 2 aliphatic rings. The number of imidazole rings is 1. The number of ether oxygens (including phenoxy) is 1. The molecule has 0 bridgehead atoms. The Kier molecular flexibility index (Phi) is 5.33. The third-order valence-electron chi connectivity index (χ3n) is 5.16. The zero-order valence-corrected chi connectivity index (χ0v) is 14.0. The SMILES string of the molecule is C[C@@H](Cn1ccnc1)NC(=O)CC1(N2CCOCC2)CCCC1. The maximum Gasteiger partial charge on any atom is 0.222 e. The zero-order valence-electron chi connectivity index (χ0n) is 14.0. The molecule has 1 N–H and O–H groups in total. The van der Waals surface area contributed by atoms with Crippen LogP contribution in [0.2, 0.25) is 0 Å². The molecule has 0 unspecified atom stereocenters. The van der Waals surface area contributed by atoms with Crippen molar-refractivity contribution in [1.29, 1.82) is 0 Å². The molecule has 3 rings (SSSR count). The van der Waals surface area contributed by atoms with Crippen LogP contribution in [0.3, 0.4) is 0 Å². The Morgan fingerprint density at radius 1 is 1.35 bits per heavy atom. The third-order valence-corrected chi connectivity index (χ3v) is 5.16. The molecule has 128 valence electrons. The highest BCUT2D eigenvalue weighted by atomic mass is 16.5. The molecule has 1 atom stereocenters. The molecule has 0 aromatic carbocycles. The Hall–Kier alpha value is -1.40. The highest BCUT2D eigenvalue weighted by Crippen LogP contribution is 2.38. The van der Waals surface area contributed by atoms with Crippen LogP contribution in [0.15, 0.2) is 18.7 Å². The quantitative estimate of drug-likeness (QED) is 0.861. The molecule has 1 amide bonds. The fourth-order valence-electron chi connectivity index (χ4n) is 4.06. The van der Waals surface area contributed by atoms with E-state index >= 15 is 0 Å². The summed E-state index contributed by atoms with van der Waals surface area (Å²) in [5.74, 6) is 0.172. The van der Waals surface area contributed by atoms with Crippen LogP contribution < -0.4 is 5.32 Å². The van der Waals surface area contributed by atoms with Gasteiger partial charge in [0.2, 0.25) is 5.91 Å². The minimum atomic E-state index is 0.0581. The number of rotatable bonds is 6. The first-order valence-corrected chi connectivity index (χ1v) is 8.76. The highest BCUT2D eigenvalue weighted by Gasteiger charge is 2.41. The van der Waals surface area contributed by atoms with Gasteiger partial charge in [-0.1, -0.05) is 12.8 Å². The molecule has 0 radical (unpaired) electrons. The predicted octanol–water partition coefficient (Wildman–Crippen LogP) is 1.42. The lowest BCUT2D eigenvalue weighted by molar-refractivity contribution is -0.126. The number of amides is 1. The summed E-state index contributed by atoms with van der Waals surface area (Å²) in [5.41, 5.74) is 0.0581. The molecule has 1 aromatic rings. The predicted molar refractivity (Wildman–Crippen MR) is 88.0 cm³/mol. The van der Waals surface area contributed by atoms with E-state index in [4.69, 9.17) is 4.74 Å². The Bertz CT molecular complexity index is 491. The molecule has 6 nitrogen and oxygen atoms in total. The second kappa shape index (κ2) is 7.45. The van der Waals surface area contributed by atoms with Crippen LogP contribution in [-0.4, -0.2) is 58.2 Å².